The number of rotatable bonds is 2. The molecule has 1 aromatic rings. The van der Waals surface area contributed by atoms with Crippen molar-refractivity contribution in [3.05, 3.63) is 16.9 Å². The van der Waals surface area contributed by atoms with Gasteiger partial charge in [-0.2, -0.15) is 0 Å². The lowest BCUT2D eigenvalue weighted by molar-refractivity contribution is 0.308. The predicted molar refractivity (Wildman–Crippen MR) is 104 cm³/mol. The molecule has 1 saturated carbocycles. The summed E-state index contributed by atoms with van der Waals surface area (Å²) in [4.78, 5) is 20.4. The summed E-state index contributed by atoms with van der Waals surface area (Å²) in [6, 6.07) is 2.32. The highest BCUT2D eigenvalue weighted by atomic mass is 15.3. The molecule has 140 valence electrons. The Labute approximate surface area is 156 Å². The van der Waals surface area contributed by atoms with E-state index < -0.39 is 0 Å². The molecule has 0 unspecified atom stereocenters. The number of anilines is 2. The molecule has 0 N–H and O–H groups in total. The fourth-order valence-corrected chi connectivity index (χ4v) is 5.13. The summed E-state index contributed by atoms with van der Waals surface area (Å²) in [6.07, 6.45) is 13.9. The van der Waals surface area contributed by atoms with Crippen molar-refractivity contribution in [2.75, 3.05) is 36.0 Å². The molecule has 2 saturated heterocycles. The minimum atomic E-state index is -0.187. The number of pyridine rings is 1. The number of nitrogens with zero attached hydrogens (tertiary/aromatic N) is 5. The average molecular weight is 354 g/mol. The van der Waals surface area contributed by atoms with E-state index in [1.54, 1.807) is 0 Å². The van der Waals surface area contributed by atoms with Gasteiger partial charge in [0.15, 0.2) is 17.0 Å². The highest BCUT2D eigenvalue weighted by Gasteiger charge is 2.34. The topological polar surface area (TPSA) is 44.1 Å². The van der Waals surface area contributed by atoms with Crippen LogP contribution in [0.15, 0.2) is 16.1 Å². The van der Waals surface area contributed by atoms with Crippen LogP contribution in [-0.2, 0) is 0 Å². The van der Waals surface area contributed by atoms with Crippen molar-refractivity contribution in [2.45, 2.75) is 76.3 Å². The van der Waals surface area contributed by atoms with Crippen LogP contribution < -0.4 is 20.6 Å². The standard InChI is InChI=1S/C21H31N5/c1-4-10-21(11-5-1)23-17-16-18(25-12-6-2-7-13-25)20(22-19(17)24-21)26-14-8-3-9-15-26/h16H,1-15H2. The highest BCUT2D eigenvalue weighted by Crippen LogP contribution is 2.34. The van der Waals surface area contributed by atoms with Gasteiger partial charge in [0, 0.05) is 26.2 Å². The van der Waals surface area contributed by atoms with Gasteiger partial charge in [-0.25, -0.2) is 9.98 Å². The van der Waals surface area contributed by atoms with E-state index in [9.17, 15) is 0 Å². The van der Waals surface area contributed by atoms with Crippen LogP contribution in [0, 0.1) is 0 Å². The Hall–Kier alpha value is -1.65. The molecule has 1 aromatic heterocycles. The van der Waals surface area contributed by atoms with Crippen molar-refractivity contribution in [2.24, 2.45) is 9.98 Å². The third kappa shape index (κ3) is 2.99. The van der Waals surface area contributed by atoms with E-state index in [1.807, 2.05) is 0 Å². The molecule has 1 spiro atoms. The Bertz CT molecular complexity index is 709. The summed E-state index contributed by atoms with van der Waals surface area (Å²) in [5.41, 5.74) is 2.04. The highest BCUT2D eigenvalue weighted by molar-refractivity contribution is 5.67. The van der Waals surface area contributed by atoms with Crippen LogP contribution in [0.4, 0.5) is 11.5 Å². The van der Waals surface area contributed by atoms with Crippen LogP contribution in [0.5, 0.6) is 0 Å². The monoisotopic (exact) mass is 353 g/mol. The van der Waals surface area contributed by atoms with Crippen molar-refractivity contribution in [3.8, 4) is 0 Å². The van der Waals surface area contributed by atoms with E-state index in [-0.39, 0.29) is 5.66 Å². The molecular formula is C21H31N5. The van der Waals surface area contributed by atoms with E-state index in [0.29, 0.717) is 0 Å². The van der Waals surface area contributed by atoms with Gasteiger partial charge in [-0.3, -0.25) is 4.99 Å². The molecule has 0 aromatic carbocycles. The van der Waals surface area contributed by atoms with E-state index in [2.05, 4.69) is 15.9 Å². The quantitative estimate of drug-likeness (QED) is 0.821. The number of fused-ring (bicyclic) bond motifs is 1. The summed E-state index contributed by atoms with van der Waals surface area (Å²) in [5.74, 6) is 1.18. The first-order valence-corrected chi connectivity index (χ1v) is 10.8. The van der Waals surface area contributed by atoms with Gasteiger partial charge < -0.3 is 9.80 Å². The van der Waals surface area contributed by atoms with Crippen molar-refractivity contribution in [1.82, 2.24) is 4.98 Å². The second-order valence-corrected chi connectivity index (χ2v) is 8.54. The molecule has 5 rings (SSSR count). The average Bonchev–Trinajstić information content (AvgIpc) is 3.05. The zero-order chi connectivity index (χ0) is 17.4. The SMILES string of the molecule is c1c(N2CCCCC2)c(N2CCCCC2)nc2c1=NC1(CCCCC1)N=2. The summed E-state index contributed by atoms with van der Waals surface area (Å²) in [6.45, 7) is 4.58. The predicted octanol–water partition coefficient (Wildman–Crippen LogP) is 2.98. The summed E-state index contributed by atoms with van der Waals surface area (Å²) >= 11 is 0. The Morgan fingerprint density at radius 3 is 2.00 bits per heavy atom. The van der Waals surface area contributed by atoms with Gasteiger partial charge in [-0.1, -0.05) is 6.42 Å². The number of hydrogen-bond donors (Lipinski definition) is 0. The molecule has 4 aliphatic rings. The van der Waals surface area contributed by atoms with Gasteiger partial charge in [-0.05, 0) is 70.3 Å². The second kappa shape index (κ2) is 6.82. The van der Waals surface area contributed by atoms with Crippen LogP contribution in [0.2, 0.25) is 0 Å². The lowest BCUT2D eigenvalue weighted by atomic mass is 9.90. The van der Waals surface area contributed by atoms with Gasteiger partial charge in [0.1, 0.15) is 5.36 Å². The Morgan fingerprint density at radius 2 is 1.31 bits per heavy atom. The lowest BCUT2D eigenvalue weighted by Gasteiger charge is -2.34. The molecule has 0 atom stereocenters. The molecule has 26 heavy (non-hydrogen) atoms. The summed E-state index contributed by atoms with van der Waals surface area (Å²) in [7, 11) is 0. The van der Waals surface area contributed by atoms with Crippen LogP contribution in [-0.4, -0.2) is 36.8 Å². The third-order valence-corrected chi connectivity index (χ3v) is 6.59. The maximum absolute atomic E-state index is 5.13. The summed E-state index contributed by atoms with van der Waals surface area (Å²) in [5, 5.41) is 1.05. The van der Waals surface area contributed by atoms with E-state index >= 15 is 0 Å². The fourth-order valence-electron chi connectivity index (χ4n) is 5.13. The minimum absolute atomic E-state index is 0.187. The Kier molecular flexibility index (Phi) is 4.33. The molecule has 3 fully saturated rings. The molecule has 0 amide bonds. The van der Waals surface area contributed by atoms with E-state index in [0.717, 1.165) is 49.9 Å². The van der Waals surface area contributed by atoms with Crippen molar-refractivity contribution in [3.63, 3.8) is 0 Å². The van der Waals surface area contributed by atoms with Gasteiger partial charge in [0.05, 0.1) is 5.69 Å². The number of piperidine rings is 2. The van der Waals surface area contributed by atoms with Crippen LogP contribution in [0.25, 0.3) is 0 Å². The maximum atomic E-state index is 5.13. The molecule has 5 heteroatoms. The van der Waals surface area contributed by atoms with Crippen molar-refractivity contribution >= 4 is 11.5 Å². The molecule has 3 aliphatic heterocycles. The fraction of sp³-hybridized carbons (Fsp3) is 0.762. The molecule has 1 aliphatic carbocycles. The third-order valence-electron chi connectivity index (χ3n) is 6.59. The number of aromatic nitrogens is 1. The largest absolute Gasteiger partial charge is 0.368 e. The maximum Gasteiger partial charge on any atom is 0.177 e. The van der Waals surface area contributed by atoms with Crippen LogP contribution in [0.1, 0.15) is 70.6 Å². The van der Waals surface area contributed by atoms with Gasteiger partial charge >= 0.3 is 0 Å². The summed E-state index contributed by atoms with van der Waals surface area (Å²) < 4.78 is 0. The van der Waals surface area contributed by atoms with Crippen molar-refractivity contribution < 1.29 is 0 Å². The molecule has 4 heterocycles. The Balaban J connectivity index is 1.58. The first kappa shape index (κ1) is 16.5. The normalized spacial score (nSPS) is 24.9. The lowest BCUT2D eigenvalue weighted by Crippen LogP contribution is -2.39. The first-order chi connectivity index (χ1) is 12.8. The van der Waals surface area contributed by atoms with Gasteiger partial charge in [-0.15, -0.1) is 0 Å². The second-order valence-electron chi connectivity index (χ2n) is 8.54. The molecule has 0 bridgehead atoms. The minimum Gasteiger partial charge on any atom is -0.368 e. The number of hydrogen-bond acceptors (Lipinski definition) is 5. The van der Waals surface area contributed by atoms with Gasteiger partial charge in [0.2, 0.25) is 0 Å². The zero-order valence-electron chi connectivity index (χ0n) is 15.9. The van der Waals surface area contributed by atoms with Gasteiger partial charge in [0.25, 0.3) is 0 Å². The first-order valence-electron chi connectivity index (χ1n) is 10.8. The molecule has 0 radical (unpaired) electrons. The van der Waals surface area contributed by atoms with Crippen molar-refractivity contribution in [1.29, 1.82) is 0 Å². The van der Waals surface area contributed by atoms with Crippen LogP contribution in [0.3, 0.4) is 0 Å². The Morgan fingerprint density at radius 1 is 0.692 bits per heavy atom. The smallest absolute Gasteiger partial charge is 0.177 e. The molecular weight excluding hydrogens is 322 g/mol. The van der Waals surface area contributed by atoms with Crippen LogP contribution >= 0.6 is 0 Å². The molecule has 5 nitrogen and oxygen atoms in total. The van der Waals surface area contributed by atoms with E-state index in [4.69, 9.17) is 15.0 Å². The van der Waals surface area contributed by atoms with E-state index in [1.165, 1.54) is 69.3 Å². The zero-order valence-corrected chi connectivity index (χ0v) is 15.9.